The summed E-state index contributed by atoms with van der Waals surface area (Å²) < 4.78 is 7.98. The molecule has 2 aliphatic heterocycles. The van der Waals surface area contributed by atoms with Crippen LogP contribution < -0.4 is 10.2 Å². The predicted molar refractivity (Wildman–Crippen MR) is 150 cm³/mol. The average molecular weight is 504 g/mol. The van der Waals surface area contributed by atoms with Gasteiger partial charge < -0.3 is 19.5 Å². The average Bonchev–Trinajstić information content (AvgIpc) is 3.40. The summed E-state index contributed by atoms with van der Waals surface area (Å²) in [6.07, 6.45) is 4.02. The van der Waals surface area contributed by atoms with Gasteiger partial charge in [-0.15, -0.1) is 0 Å². The summed E-state index contributed by atoms with van der Waals surface area (Å²) in [5.74, 6) is 0. The van der Waals surface area contributed by atoms with Gasteiger partial charge in [0, 0.05) is 49.5 Å². The lowest BCUT2D eigenvalue weighted by molar-refractivity contribution is 0.0369. The minimum Gasteiger partial charge on any atom is -0.379 e. The van der Waals surface area contributed by atoms with E-state index in [1.807, 2.05) is 12.3 Å². The molecule has 2 atom stereocenters. The number of nitrogens with zero attached hydrogens (tertiary/aromatic N) is 4. The Balaban J connectivity index is 1.46. The van der Waals surface area contributed by atoms with E-state index in [2.05, 4.69) is 82.9 Å². The third-order valence-electron chi connectivity index (χ3n) is 7.61. The molecule has 0 aliphatic carbocycles. The molecule has 0 spiro atoms. The number of ether oxygens (including phenoxy) is 1. The number of benzene rings is 1. The number of aromatic nitrogens is 2. The van der Waals surface area contributed by atoms with Crippen LogP contribution in [0.4, 0.5) is 5.69 Å². The van der Waals surface area contributed by atoms with Crippen molar-refractivity contribution in [2.24, 2.45) is 0 Å². The third kappa shape index (κ3) is 5.05. The van der Waals surface area contributed by atoms with Crippen LogP contribution in [0.5, 0.6) is 0 Å². The van der Waals surface area contributed by atoms with Crippen LogP contribution in [0, 0.1) is 13.8 Å². The van der Waals surface area contributed by atoms with Crippen molar-refractivity contribution in [3.8, 4) is 0 Å². The molecule has 6 nitrogen and oxygen atoms in total. The molecule has 3 aromatic rings. The molecule has 0 saturated carbocycles. The van der Waals surface area contributed by atoms with E-state index in [0.717, 1.165) is 68.7 Å². The van der Waals surface area contributed by atoms with Gasteiger partial charge in [-0.05, 0) is 80.4 Å². The van der Waals surface area contributed by atoms with Gasteiger partial charge in [-0.2, -0.15) is 0 Å². The van der Waals surface area contributed by atoms with Gasteiger partial charge in [-0.1, -0.05) is 25.1 Å². The maximum absolute atomic E-state index is 5.93. The number of nitrogens with one attached hydrogen (secondary N) is 1. The van der Waals surface area contributed by atoms with E-state index in [9.17, 15) is 0 Å². The van der Waals surface area contributed by atoms with Gasteiger partial charge in [0.25, 0.3) is 0 Å². The summed E-state index contributed by atoms with van der Waals surface area (Å²) in [4.78, 5) is 9.51. The van der Waals surface area contributed by atoms with Crippen molar-refractivity contribution in [3.63, 3.8) is 0 Å². The van der Waals surface area contributed by atoms with Crippen molar-refractivity contribution in [1.29, 1.82) is 0 Å². The van der Waals surface area contributed by atoms with Gasteiger partial charge in [0.15, 0.2) is 5.11 Å². The zero-order valence-electron chi connectivity index (χ0n) is 21.6. The van der Waals surface area contributed by atoms with E-state index >= 15 is 0 Å². The van der Waals surface area contributed by atoms with Crippen molar-refractivity contribution < 1.29 is 4.74 Å². The molecule has 1 N–H and O–H groups in total. The van der Waals surface area contributed by atoms with Crippen molar-refractivity contribution in [2.45, 2.75) is 52.2 Å². The summed E-state index contributed by atoms with van der Waals surface area (Å²) in [5, 5.41) is 4.35. The predicted octanol–water partition coefficient (Wildman–Crippen LogP) is 4.96. The number of anilines is 1. The van der Waals surface area contributed by atoms with Crippen molar-refractivity contribution in [2.75, 3.05) is 37.7 Å². The third-order valence-corrected chi connectivity index (χ3v) is 7.93. The number of aryl methyl sites for hydroxylation is 2. The summed E-state index contributed by atoms with van der Waals surface area (Å²) in [5.41, 5.74) is 7.36. The summed E-state index contributed by atoms with van der Waals surface area (Å²) in [6.45, 7) is 12.6. The van der Waals surface area contributed by atoms with E-state index in [1.165, 1.54) is 22.5 Å². The van der Waals surface area contributed by atoms with Crippen LogP contribution in [0.3, 0.4) is 0 Å². The zero-order valence-corrected chi connectivity index (χ0v) is 22.4. The first-order valence-corrected chi connectivity index (χ1v) is 13.5. The molecule has 7 heteroatoms. The maximum atomic E-state index is 5.93. The normalized spacial score (nSPS) is 20.6. The summed E-state index contributed by atoms with van der Waals surface area (Å²) in [6, 6.07) is 17.3. The number of thiocarbonyl (C=S) groups is 1. The molecule has 2 aromatic heterocycles. The molecule has 5 rings (SSSR count). The quantitative estimate of drug-likeness (QED) is 0.439. The van der Waals surface area contributed by atoms with Crippen LogP contribution >= 0.6 is 12.2 Å². The first-order valence-electron chi connectivity index (χ1n) is 13.1. The minimum atomic E-state index is -0.0214. The van der Waals surface area contributed by atoms with E-state index in [1.54, 1.807) is 0 Å². The molecule has 36 heavy (non-hydrogen) atoms. The van der Waals surface area contributed by atoms with Gasteiger partial charge in [0.1, 0.15) is 0 Å². The van der Waals surface area contributed by atoms with Crippen LogP contribution in [0.1, 0.15) is 53.6 Å². The van der Waals surface area contributed by atoms with E-state index in [4.69, 9.17) is 21.9 Å². The molecule has 4 heterocycles. The smallest absolute Gasteiger partial charge is 0.174 e. The Labute approximate surface area is 220 Å². The van der Waals surface area contributed by atoms with Gasteiger partial charge in [-0.3, -0.25) is 9.88 Å². The number of hydrogen-bond acceptors (Lipinski definition) is 4. The van der Waals surface area contributed by atoms with E-state index in [-0.39, 0.29) is 12.1 Å². The fourth-order valence-electron chi connectivity index (χ4n) is 5.59. The Kier molecular flexibility index (Phi) is 7.70. The monoisotopic (exact) mass is 503 g/mol. The highest BCUT2D eigenvalue weighted by molar-refractivity contribution is 7.80. The molecule has 0 unspecified atom stereocenters. The van der Waals surface area contributed by atoms with Crippen LogP contribution in [-0.2, 0) is 17.7 Å². The lowest BCUT2D eigenvalue weighted by Gasteiger charge is -2.28. The molecule has 0 bridgehead atoms. The maximum Gasteiger partial charge on any atom is 0.174 e. The Morgan fingerprint density at radius 2 is 1.83 bits per heavy atom. The Hall–Kier alpha value is -2.74. The standard InChI is InChI=1S/C29H37N5OS/c1-4-23-9-11-24(12-10-23)34-28(27(31-29(34)36)26-8-5-6-13-30-26)25-20-21(2)33(22(25)3)15-7-14-32-16-18-35-19-17-32/h5-6,8-13,20,27-28H,4,7,14-19H2,1-3H3,(H,31,36)/t27-,28+/m1/s1. The number of pyridine rings is 1. The SMILES string of the molecule is CCc1ccc(N2C(=S)N[C@H](c3ccccn3)[C@@H]2c2cc(C)n(CCCN3CCOCC3)c2C)cc1. The molecule has 0 radical (unpaired) electrons. The summed E-state index contributed by atoms with van der Waals surface area (Å²) in [7, 11) is 0. The molecule has 2 saturated heterocycles. The molecular formula is C29H37N5OS. The lowest BCUT2D eigenvalue weighted by atomic mass is 9.96. The number of rotatable bonds is 8. The Bertz CT molecular complexity index is 1170. The molecule has 0 amide bonds. The Morgan fingerprint density at radius 3 is 2.53 bits per heavy atom. The van der Waals surface area contributed by atoms with Crippen LogP contribution in [-0.4, -0.2) is 52.4 Å². The zero-order chi connectivity index (χ0) is 25.1. The first-order chi connectivity index (χ1) is 17.6. The second kappa shape index (κ2) is 11.1. The molecule has 2 fully saturated rings. The second-order valence-corrected chi connectivity index (χ2v) is 10.2. The largest absolute Gasteiger partial charge is 0.379 e. The molecule has 2 aliphatic rings. The highest BCUT2D eigenvalue weighted by atomic mass is 32.1. The fraction of sp³-hybridized carbons (Fsp3) is 0.448. The highest BCUT2D eigenvalue weighted by Gasteiger charge is 2.42. The number of morpholine rings is 1. The van der Waals surface area contributed by atoms with E-state index in [0.29, 0.717) is 0 Å². The van der Waals surface area contributed by atoms with Gasteiger partial charge in [0.2, 0.25) is 0 Å². The van der Waals surface area contributed by atoms with Crippen LogP contribution in [0.15, 0.2) is 54.7 Å². The van der Waals surface area contributed by atoms with Crippen LogP contribution in [0.2, 0.25) is 0 Å². The minimum absolute atomic E-state index is 0.0214. The molecule has 1 aromatic carbocycles. The van der Waals surface area contributed by atoms with Gasteiger partial charge in [-0.25, -0.2) is 0 Å². The van der Waals surface area contributed by atoms with Crippen molar-refractivity contribution in [3.05, 3.63) is 82.9 Å². The van der Waals surface area contributed by atoms with Crippen molar-refractivity contribution in [1.82, 2.24) is 19.8 Å². The van der Waals surface area contributed by atoms with Crippen LogP contribution in [0.25, 0.3) is 0 Å². The fourth-order valence-corrected chi connectivity index (χ4v) is 5.94. The summed E-state index contributed by atoms with van der Waals surface area (Å²) >= 11 is 5.93. The Morgan fingerprint density at radius 1 is 1.06 bits per heavy atom. The first kappa shape index (κ1) is 24.9. The van der Waals surface area contributed by atoms with Gasteiger partial charge >= 0.3 is 0 Å². The van der Waals surface area contributed by atoms with Gasteiger partial charge in [0.05, 0.1) is 31.0 Å². The van der Waals surface area contributed by atoms with E-state index < -0.39 is 0 Å². The number of hydrogen-bond donors (Lipinski definition) is 1. The molecule has 190 valence electrons. The lowest BCUT2D eigenvalue weighted by Crippen LogP contribution is -2.37. The van der Waals surface area contributed by atoms with Crippen molar-refractivity contribution >= 4 is 23.0 Å². The second-order valence-electron chi connectivity index (χ2n) is 9.80. The highest BCUT2D eigenvalue weighted by Crippen LogP contribution is 2.43. The molecular weight excluding hydrogens is 466 g/mol. The topological polar surface area (TPSA) is 45.6 Å².